The molecule has 0 aliphatic carbocycles. The standard InChI is InChI=1S/C16H22N4O/c1-11(2)16-13(10-20(3)19-16)9-18-14-7-5-4-6-12(14)8-15(17)21/h4-7,10-11,18H,8-9H2,1-3H3,(H2,17,21). The molecule has 0 unspecified atom stereocenters. The summed E-state index contributed by atoms with van der Waals surface area (Å²) in [6.07, 6.45) is 2.27. The Hall–Kier alpha value is -2.30. The number of primary amides is 1. The number of nitrogens with one attached hydrogen (secondary N) is 1. The van der Waals surface area contributed by atoms with E-state index in [0.717, 1.165) is 16.9 Å². The zero-order valence-corrected chi connectivity index (χ0v) is 12.8. The molecule has 0 saturated heterocycles. The van der Waals surface area contributed by atoms with Gasteiger partial charge in [0.15, 0.2) is 0 Å². The van der Waals surface area contributed by atoms with E-state index in [0.29, 0.717) is 12.5 Å². The number of hydrogen-bond donors (Lipinski definition) is 2. The average molecular weight is 286 g/mol. The largest absolute Gasteiger partial charge is 0.381 e. The number of hydrogen-bond acceptors (Lipinski definition) is 3. The third-order valence-electron chi connectivity index (χ3n) is 3.34. The number of nitrogens with two attached hydrogens (primary N) is 1. The van der Waals surface area contributed by atoms with Crippen molar-refractivity contribution < 1.29 is 4.79 Å². The molecule has 21 heavy (non-hydrogen) atoms. The van der Waals surface area contributed by atoms with Gasteiger partial charge in [-0.25, -0.2) is 0 Å². The van der Waals surface area contributed by atoms with E-state index in [4.69, 9.17) is 5.73 Å². The van der Waals surface area contributed by atoms with Gasteiger partial charge < -0.3 is 11.1 Å². The third kappa shape index (κ3) is 3.84. The summed E-state index contributed by atoms with van der Waals surface area (Å²) < 4.78 is 1.83. The van der Waals surface area contributed by atoms with Crippen LogP contribution in [0.2, 0.25) is 0 Å². The van der Waals surface area contributed by atoms with Crippen LogP contribution in [-0.2, 0) is 24.8 Å². The Morgan fingerprint density at radius 2 is 2.05 bits per heavy atom. The molecule has 112 valence electrons. The maximum Gasteiger partial charge on any atom is 0.221 e. The van der Waals surface area contributed by atoms with E-state index >= 15 is 0 Å². The minimum Gasteiger partial charge on any atom is -0.381 e. The molecule has 0 spiro atoms. The van der Waals surface area contributed by atoms with E-state index in [1.165, 1.54) is 5.56 Å². The summed E-state index contributed by atoms with van der Waals surface area (Å²) >= 11 is 0. The van der Waals surface area contributed by atoms with Gasteiger partial charge in [0.1, 0.15) is 0 Å². The van der Waals surface area contributed by atoms with Gasteiger partial charge >= 0.3 is 0 Å². The lowest BCUT2D eigenvalue weighted by Gasteiger charge is -2.11. The smallest absolute Gasteiger partial charge is 0.221 e. The second-order valence-electron chi connectivity index (χ2n) is 5.52. The molecule has 0 aliphatic heterocycles. The summed E-state index contributed by atoms with van der Waals surface area (Å²) in [6.45, 7) is 4.94. The van der Waals surface area contributed by atoms with Crippen molar-refractivity contribution in [3.05, 3.63) is 47.3 Å². The number of para-hydroxylation sites is 1. The Bertz CT molecular complexity index is 631. The van der Waals surface area contributed by atoms with Crippen LogP contribution in [0.3, 0.4) is 0 Å². The van der Waals surface area contributed by atoms with Gasteiger partial charge in [0.05, 0.1) is 12.1 Å². The number of benzene rings is 1. The van der Waals surface area contributed by atoms with Crippen LogP contribution in [-0.4, -0.2) is 15.7 Å². The molecule has 0 saturated carbocycles. The van der Waals surface area contributed by atoms with E-state index in [-0.39, 0.29) is 12.3 Å². The number of amides is 1. The summed E-state index contributed by atoms with van der Waals surface area (Å²) in [5.41, 5.74) is 9.41. The van der Waals surface area contributed by atoms with Gasteiger partial charge in [-0.1, -0.05) is 32.0 Å². The van der Waals surface area contributed by atoms with E-state index in [9.17, 15) is 4.79 Å². The summed E-state index contributed by atoms with van der Waals surface area (Å²) in [7, 11) is 1.93. The maximum absolute atomic E-state index is 11.1. The van der Waals surface area contributed by atoms with Gasteiger partial charge in [0.2, 0.25) is 5.91 Å². The number of carbonyl (C=O) groups excluding carboxylic acids is 1. The van der Waals surface area contributed by atoms with Crippen LogP contribution in [0.4, 0.5) is 5.69 Å². The van der Waals surface area contributed by atoms with Gasteiger partial charge in [0.25, 0.3) is 0 Å². The molecule has 5 heteroatoms. The number of carbonyl (C=O) groups is 1. The van der Waals surface area contributed by atoms with Crippen molar-refractivity contribution in [1.82, 2.24) is 9.78 Å². The highest BCUT2D eigenvalue weighted by Crippen LogP contribution is 2.20. The van der Waals surface area contributed by atoms with E-state index in [1.54, 1.807) is 0 Å². The van der Waals surface area contributed by atoms with Crippen molar-refractivity contribution >= 4 is 11.6 Å². The number of rotatable bonds is 6. The molecule has 1 aromatic heterocycles. The minimum absolute atomic E-state index is 0.243. The first kappa shape index (κ1) is 15.1. The molecule has 0 bridgehead atoms. The van der Waals surface area contributed by atoms with Crippen molar-refractivity contribution in [1.29, 1.82) is 0 Å². The van der Waals surface area contributed by atoms with Crippen LogP contribution in [0.25, 0.3) is 0 Å². The van der Waals surface area contributed by atoms with E-state index in [2.05, 4.69) is 24.3 Å². The van der Waals surface area contributed by atoms with Gasteiger partial charge in [-0.3, -0.25) is 9.48 Å². The van der Waals surface area contributed by atoms with Crippen molar-refractivity contribution in [3.63, 3.8) is 0 Å². The van der Waals surface area contributed by atoms with E-state index < -0.39 is 0 Å². The zero-order valence-electron chi connectivity index (χ0n) is 12.8. The van der Waals surface area contributed by atoms with Crippen LogP contribution >= 0.6 is 0 Å². The van der Waals surface area contributed by atoms with Crippen LogP contribution < -0.4 is 11.1 Å². The Labute approximate surface area is 125 Å². The molecule has 3 N–H and O–H groups in total. The molecule has 1 aromatic carbocycles. The van der Waals surface area contributed by atoms with Gasteiger partial charge in [0, 0.05) is 31.0 Å². The normalized spacial score (nSPS) is 10.9. The zero-order chi connectivity index (χ0) is 15.4. The monoisotopic (exact) mass is 286 g/mol. The van der Waals surface area contributed by atoms with Crippen LogP contribution in [0.1, 0.15) is 36.6 Å². The first-order valence-corrected chi connectivity index (χ1v) is 7.10. The van der Waals surface area contributed by atoms with Gasteiger partial charge in [-0.2, -0.15) is 5.10 Å². The average Bonchev–Trinajstić information content (AvgIpc) is 2.78. The van der Waals surface area contributed by atoms with Crippen molar-refractivity contribution in [2.24, 2.45) is 12.8 Å². The lowest BCUT2D eigenvalue weighted by Crippen LogP contribution is -2.15. The second kappa shape index (κ2) is 6.43. The molecular formula is C16H22N4O. The van der Waals surface area contributed by atoms with Crippen molar-refractivity contribution in [2.45, 2.75) is 32.7 Å². The second-order valence-corrected chi connectivity index (χ2v) is 5.52. The molecule has 0 fully saturated rings. The molecule has 2 aromatic rings. The van der Waals surface area contributed by atoms with Crippen molar-refractivity contribution in [3.8, 4) is 0 Å². The first-order valence-electron chi connectivity index (χ1n) is 7.10. The Balaban J connectivity index is 2.15. The SMILES string of the molecule is CC(C)c1nn(C)cc1CNc1ccccc1CC(N)=O. The Kier molecular flexibility index (Phi) is 4.62. The summed E-state index contributed by atoms with van der Waals surface area (Å²) in [5, 5.41) is 7.88. The molecule has 2 rings (SSSR count). The first-order chi connectivity index (χ1) is 9.97. The fourth-order valence-electron chi connectivity index (χ4n) is 2.40. The highest BCUT2D eigenvalue weighted by molar-refractivity contribution is 5.78. The molecule has 1 heterocycles. The van der Waals surface area contributed by atoms with Crippen LogP contribution in [0.15, 0.2) is 30.5 Å². The minimum atomic E-state index is -0.325. The Morgan fingerprint density at radius 3 is 2.71 bits per heavy atom. The highest BCUT2D eigenvalue weighted by atomic mass is 16.1. The molecule has 1 amide bonds. The number of aromatic nitrogens is 2. The number of nitrogens with zero attached hydrogens (tertiary/aromatic N) is 2. The molecular weight excluding hydrogens is 264 g/mol. The summed E-state index contributed by atoms with van der Waals surface area (Å²) in [5.74, 6) is 0.0531. The molecule has 5 nitrogen and oxygen atoms in total. The fourth-order valence-corrected chi connectivity index (χ4v) is 2.40. The summed E-state index contributed by atoms with van der Waals surface area (Å²) in [6, 6.07) is 7.73. The van der Waals surface area contributed by atoms with E-state index in [1.807, 2.05) is 42.2 Å². The van der Waals surface area contributed by atoms with Crippen LogP contribution in [0, 0.1) is 0 Å². The molecule has 0 aliphatic rings. The summed E-state index contributed by atoms with van der Waals surface area (Å²) in [4.78, 5) is 11.1. The van der Waals surface area contributed by atoms with Crippen molar-refractivity contribution in [2.75, 3.05) is 5.32 Å². The van der Waals surface area contributed by atoms with Gasteiger partial charge in [-0.15, -0.1) is 0 Å². The lowest BCUT2D eigenvalue weighted by atomic mass is 10.1. The third-order valence-corrected chi connectivity index (χ3v) is 3.34. The molecule has 0 radical (unpaired) electrons. The highest BCUT2D eigenvalue weighted by Gasteiger charge is 2.12. The fraction of sp³-hybridized carbons (Fsp3) is 0.375. The Morgan fingerprint density at radius 1 is 1.33 bits per heavy atom. The van der Waals surface area contributed by atoms with Crippen LogP contribution in [0.5, 0.6) is 0 Å². The lowest BCUT2D eigenvalue weighted by molar-refractivity contribution is -0.117. The number of anilines is 1. The predicted octanol–water partition coefficient (Wildman–Crippen LogP) is 2.18. The number of aryl methyl sites for hydroxylation is 1. The predicted molar refractivity (Wildman–Crippen MR) is 84.0 cm³/mol. The topological polar surface area (TPSA) is 72.9 Å². The van der Waals surface area contributed by atoms with Gasteiger partial charge in [-0.05, 0) is 17.5 Å². The maximum atomic E-state index is 11.1. The quantitative estimate of drug-likeness (QED) is 0.855. The molecule has 0 atom stereocenters.